The van der Waals surface area contributed by atoms with Gasteiger partial charge in [-0.3, -0.25) is 4.79 Å². The molecule has 170 valence electrons. The number of anilines is 2. The van der Waals surface area contributed by atoms with Crippen molar-refractivity contribution in [2.75, 3.05) is 12.4 Å². The zero-order chi connectivity index (χ0) is 23.0. The summed E-state index contributed by atoms with van der Waals surface area (Å²) in [7, 11) is 1.65. The quantitative estimate of drug-likeness (QED) is 0.458. The van der Waals surface area contributed by atoms with Gasteiger partial charge in [-0.2, -0.15) is 0 Å². The molecule has 5 rings (SSSR count). The Kier molecular flexibility index (Phi) is 5.89. The van der Waals surface area contributed by atoms with E-state index in [4.69, 9.17) is 27.9 Å². The first-order valence-electron chi connectivity index (χ1n) is 11.0. The van der Waals surface area contributed by atoms with Gasteiger partial charge >= 0.3 is 0 Å². The molecule has 0 bridgehead atoms. The van der Waals surface area contributed by atoms with Gasteiger partial charge in [0.2, 0.25) is 0 Å². The molecule has 1 saturated carbocycles. The third-order valence-electron chi connectivity index (χ3n) is 6.68. The van der Waals surface area contributed by atoms with Gasteiger partial charge < -0.3 is 15.0 Å². The van der Waals surface area contributed by atoms with Crippen LogP contribution in [-0.4, -0.2) is 27.9 Å². The van der Waals surface area contributed by atoms with E-state index in [2.05, 4.69) is 15.3 Å². The van der Waals surface area contributed by atoms with E-state index in [-0.39, 0.29) is 11.4 Å². The van der Waals surface area contributed by atoms with Crippen molar-refractivity contribution in [3.63, 3.8) is 0 Å². The van der Waals surface area contributed by atoms with Crippen LogP contribution in [0.25, 0.3) is 0 Å². The van der Waals surface area contributed by atoms with Crippen LogP contribution >= 0.6 is 23.2 Å². The van der Waals surface area contributed by atoms with Gasteiger partial charge in [-0.25, -0.2) is 9.97 Å². The normalized spacial score (nSPS) is 16.7. The predicted octanol–water partition coefficient (Wildman–Crippen LogP) is 6.35. The number of amides is 1. The van der Waals surface area contributed by atoms with E-state index in [0.29, 0.717) is 28.0 Å². The molecule has 8 heteroatoms. The first kappa shape index (κ1) is 22.0. The molecule has 2 heterocycles. The fourth-order valence-corrected chi connectivity index (χ4v) is 5.54. The molecule has 2 aliphatic rings. The van der Waals surface area contributed by atoms with Crippen LogP contribution in [0.4, 0.5) is 11.5 Å². The number of carbonyl (C=O) groups excluding carboxylic acids is 1. The lowest BCUT2D eigenvalue weighted by Gasteiger charge is -2.42. The minimum atomic E-state index is -0.374. The van der Waals surface area contributed by atoms with Crippen molar-refractivity contribution in [1.82, 2.24) is 14.9 Å². The van der Waals surface area contributed by atoms with Crippen LogP contribution in [0.3, 0.4) is 0 Å². The van der Waals surface area contributed by atoms with Gasteiger partial charge in [0.25, 0.3) is 5.91 Å². The number of benzene rings is 2. The van der Waals surface area contributed by atoms with E-state index in [0.717, 1.165) is 48.2 Å². The van der Waals surface area contributed by atoms with Crippen molar-refractivity contribution >= 4 is 40.6 Å². The topological polar surface area (TPSA) is 67.3 Å². The minimum Gasteiger partial charge on any atom is -0.497 e. The third-order valence-corrected chi connectivity index (χ3v) is 7.25. The average Bonchev–Trinajstić information content (AvgIpc) is 3.04. The molecule has 1 fully saturated rings. The fraction of sp³-hybridized carbons (Fsp3) is 0.320. The number of halogens is 2. The van der Waals surface area contributed by atoms with Crippen LogP contribution in [0.2, 0.25) is 10.0 Å². The van der Waals surface area contributed by atoms with Gasteiger partial charge in [-0.1, -0.05) is 54.6 Å². The van der Waals surface area contributed by atoms with Gasteiger partial charge in [0.1, 0.15) is 17.1 Å². The smallest absolute Gasteiger partial charge is 0.256 e. The second-order valence-electron chi connectivity index (χ2n) is 8.56. The number of carbonyl (C=O) groups is 1. The third kappa shape index (κ3) is 3.91. The maximum absolute atomic E-state index is 13.7. The zero-order valence-corrected chi connectivity index (χ0v) is 19.8. The van der Waals surface area contributed by atoms with E-state index in [1.165, 1.54) is 18.9 Å². The van der Waals surface area contributed by atoms with Gasteiger partial charge in [0, 0.05) is 12.2 Å². The van der Waals surface area contributed by atoms with Crippen LogP contribution in [0.1, 0.15) is 53.6 Å². The molecule has 1 N–H and O–H groups in total. The van der Waals surface area contributed by atoms with E-state index >= 15 is 0 Å². The largest absolute Gasteiger partial charge is 0.497 e. The van der Waals surface area contributed by atoms with Crippen LogP contribution in [0, 0.1) is 0 Å². The molecule has 0 atom stereocenters. The summed E-state index contributed by atoms with van der Waals surface area (Å²) in [5, 5.41) is 4.10. The number of nitrogens with zero attached hydrogens (tertiary/aromatic N) is 3. The van der Waals surface area contributed by atoms with Crippen molar-refractivity contribution in [2.24, 2.45) is 0 Å². The van der Waals surface area contributed by atoms with Crippen molar-refractivity contribution in [3.8, 4) is 5.75 Å². The molecule has 0 radical (unpaired) electrons. The highest BCUT2D eigenvalue weighted by atomic mass is 35.5. The summed E-state index contributed by atoms with van der Waals surface area (Å²) < 4.78 is 5.28. The zero-order valence-electron chi connectivity index (χ0n) is 18.3. The molecule has 6 nitrogen and oxygen atoms in total. The Morgan fingerprint density at radius 2 is 1.85 bits per heavy atom. The molecule has 0 saturated heterocycles. The highest BCUT2D eigenvalue weighted by Gasteiger charge is 2.50. The van der Waals surface area contributed by atoms with Crippen LogP contribution in [0.5, 0.6) is 5.75 Å². The number of methoxy groups -OCH3 is 1. The SMILES string of the molecule is COc1ccc(CN2C(=O)c3c(Cl)cc(Nc4ncncc4Cl)cc3C23CCCCC3)cc1. The van der Waals surface area contributed by atoms with Crippen molar-refractivity contribution < 1.29 is 9.53 Å². The molecule has 1 spiro atoms. The molecule has 3 aromatic rings. The number of ether oxygens (including phenoxy) is 1. The van der Waals surface area contributed by atoms with Crippen molar-refractivity contribution in [3.05, 3.63) is 75.7 Å². The molecule has 0 unspecified atom stereocenters. The lowest BCUT2D eigenvalue weighted by Crippen LogP contribution is -2.44. The second kappa shape index (κ2) is 8.84. The van der Waals surface area contributed by atoms with Crippen LogP contribution in [-0.2, 0) is 12.1 Å². The van der Waals surface area contributed by atoms with Gasteiger partial charge in [0.15, 0.2) is 5.82 Å². The Morgan fingerprint density at radius 3 is 2.55 bits per heavy atom. The molecule has 1 amide bonds. The van der Waals surface area contributed by atoms with Crippen molar-refractivity contribution in [1.29, 1.82) is 0 Å². The summed E-state index contributed by atoms with van der Waals surface area (Å²) in [5.74, 6) is 1.28. The summed E-state index contributed by atoms with van der Waals surface area (Å²) in [4.78, 5) is 23.9. The first-order valence-corrected chi connectivity index (χ1v) is 11.8. The Balaban J connectivity index is 1.55. The average molecular weight is 483 g/mol. The first-order chi connectivity index (χ1) is 16.0. The summed E-state index contributed by atoms with van der Waals surface area (Å²) in [6, 6.07) is 11.7. The monoisotopic (exact) mass is 482 g/mol. The molecule has 1 aliphatic heterocycles. The maximum atomic E-state index is 13.7. The number of nitrogens with one attached hydrogen (secondary N) is 1. The lowest BCUT2D eigenvalue weighted by atomic mass is 9.76. The second-order valence-corrected chi connectivity index (χ2v) is 9.37. The van der Waals surface area contributed by atoms with E-state index in [9.17, 15) is 4.79 Å². The van der Waals surface area contributed by atoms with E-state index < -0.39 is 0 Å². The number of hydrogen-bond donors (Lipinski definition) is 1. The summed E-state index contributed by atoms with van der Waals surface area (Å²) in [6.45, 7) is 0.522. The molecule has 2 aromatic carbocycles. The predicted molar refractivity (Wildman–Crippen MR) is 129 cm³/mol. The Hall–Kier alpha value is -2.83. The number of rotatable bonds is 5. The Labute approximate surface area is 202 Å². The fourth-order valence-electron chi connectivity index (χ4n) is 5.09. The van der Waals surface area contributed by atoms with Crippen molar-refractivity contribution in [2.45, 2.75) is 44.2 Å². The molecule has 33 heavy (non-hydrogen) atoms. The minimum absolute atomic E-state index is 0.0145. The molecular formula is C25H24Cl2N4O2. The summed E-state index contributed by atoms with van der Waals surface area (Å²) >= 11 is 13.0. The van der Waals surface area contributed by atoms with Crippen LogP contribution in [0.15, 0.2) is 48.9 Å². The summed E-state index contributed by atoms with van der Waals surface area (Å²) in [5.41, 5.74) is 3.03. The number of hydrogen-bond acceptors (Lipinski definition) is 5. The number of aromatic nitrogens is 2. The van der Waals surface area contributed by atoms with Gasteiger partial charge in [-0.05, 0) is 48.2 Å². The van der Waals surface area contributed by atoms with Gasteiger partial charge in [-0.15, -0.1) is 0 Å². The van der Waals surface area contributed by atoms with E-state index in [1.807, 2.05) is 35.2 Å². The highest BCUT2D eigenvalue weighted by molar-refractivity contribution is 6.35. The lowest BCUT2D eigenvalue weighted by molar-refractivity contribution is 0.0387. The molecule has 1 aromatic heterocycles. The molecule has 1 aliphatic carbocycles. The maximum Gasteiger partial charge on any atom is 0.256 e. The standard InChI is InChI=1S/C25H24Cl2N4O2/c1-33-18-7-5-16(6-8-18)14-31-24(32)22-19(25(31)9-3-2-4-10-25)11-17(12-20(22)26)30-23-21(27)13-28-15-29-23/h5-8,11-13,15H,2-4,9-10,14H2,1H3,(H,28,29,30). The Morgan fingerprint density at radius 1 is 1.09 bits per heavy atom. The summed E-state index contributed by atoms with van der Waals surface area (Å²) in [6.07, 6.45) is 8.11. The number of fused-ring (bicyclic) bond motifs is 2. The Bertz CT molecular complexity index is 1190. The van der Waals surface area contributed by atoms with Gasteiger partial charge in [0.05, 0.1) is 29.4 Å². The highest BCUT2D eigenvalue weighted by Crippen LogP contribution is 2.52. The van der Waals surface area contributed by atoms with Crippen LogP contribution < -0.4 is 10.1 Å². The molecular weight excluding hydrogens is 459 g/mol. The van der Waals surface area contributed by atoms with E-state index in [1.54, 1.807) is 13.2 Å².